The van der Waals surface area contributed by atoms with Gasteiger partial charge in [0.25, 0.3) is 5.91 Å². The summed E-state index contributed by atoms with van der Waals surface area (Å²) in [5.74, 6) is -1.46. The number of halogens is 8. The number of carbonyl (C=O) groups excluding carboxylic acids is 1. The van der Waals surface area contributed by atoms with Crippen molar-refractivity contribution in [2.45, 2.75) is 56.1 Å². The molecule has 2 saturated heterocycles. The molecule has 56 heavy (non-hydrogen) atoms. The maximum absolute atomic E-state index is 14.8. The van der Waals surface area contributed by atoms with E-state index in [1.165, 1.54) is 30.3 Å². The fourth-order valence-corrected chi connectivity index (χ4v) is 8.40. The number of carbonyl (C=O) groups is 1. The van der Waals surface area contributed by atoms with Gasteiger partial charge in [0.1, 0.15) is 27.5 Å². The average molecular weight is 799 g/mol. The minimum atomic E-state index is -4.49. The highest BCUT2D eigenvalue weighted by molar-refractivity contribution is 6.37. The molecule has 16 heteroatoms. The van der Waals surface area contributed by atoms with Gasteiger partial charge in [0.05, 0.1) is 16.8 Å². The van der Waals surface area contributed by atoms with Crippen LogP contribution in [0.4, 0.5) is 30.7 Å². The molecule has 2 aliphatic rings. The molecule has 292 valence electrons. The Morgan fingerprint density at radius 2 is 1.29 bits per heavy atom. The fourth-order valence-electron chi connectivity index (χ4n) is 8.15. The second-order valence-electron chi connectivity index (χ2n) is 14.2. The van der Waals surface area contributed by atoms with E-state index in [1.54, 1.807) is 41.3 Å². The van der Waals surface area contributed by atoms with Gasteiger partial charge in [0, 0.05) is 37.0 Å². The summed E-state index contributed by atoms with van der Waals surface area (Å²) in [6.45, 7) is 1.14. The standard InChI is InChI=1S/C40H34ClF7N6O2/c41-32-31(13-12-27-34(32)50-51-35(27)37(55)53-18-14-22(15-19-53)24-6-1-3-9-28(24)39(43,44)45)56-38(36-26-8-5-11-30(42)33(26)49-52-36)54-20-16-23(17-21-54)25-7-2-4-10-29(25)40(46,47)48/h1-13,22-23,38H,14-21H2,(H,49,52)(H,50,51). The minimum Gasteiger partial charge on any atom is -0.468 e. The van der Waals surface area contributed by atoms with Gasteiger partial charge in [0.2, 0.25) is 0 Å². The van der Waals surface area contributed by atoms with Crippen LogP contribution < -0.4 is 4.74 Å². The Hall–Kier alpha value is -5.15. The van der Waals surface area contributed by atoms with E-state index < -0.39 is 35.5 Å². The van der Waals surface area contributed by atoms with Crippen LogP contribution in [-0.4, -0.2) is 62.3 Å². The second-order valence-corrected chi connectivity index (χ2v) is 14.5. The largest absolute Gasteiger partial charge is 0.468 e. The molecule has 6 aromatic rings. The number of nitrogens with one attached hydrogen (secondary N) is 2. The molecule has 0 bridgehead atoms. The van der Waals surface area contributed by atoms with Crippen molar-refractivity contribution in [2.75, 3.05) is 26.2 Å². The normalized spacial score (nSPS) is 17.2. The van der Waals surface area contributed by atoms with Crippen LogP contribution in [0.3, 0.4) is 0 Å². The number of piperidine rings is 2. The number of aromatic nitrogens is 4. The molecule has 1 atom stereocenters. The van der Waals surface area contributed by atoms with Crippen LogP contribution in [-0.2, 0) is 12.4 Å². The number of nitrogens with zero attached hydrogens (tertiary/aromatic N) is 4. The Morgan fingerprint density at radius 1 is 0.714 bits per heavy atom. The van der Waals surface area contributed by atoms with E-state index in [-0.39, 0.29) is 69.5 Å². The monoisotopic (exact) mass is 798 g/mol. The number of rotatable bonds is 7. The molecule has 2 aromatic heterocycles. The number of alkyl halides is 6. The first kappa shape index (κ1) is 37.8. The zero-order chi connectivity index (χ0) is 39.4. The second kappa shape index (κ2) is 14.7. The molecule has 0 spiro atoms. The molecule has 8 nitrogen and oxygen atoms in total. The molecule has 2 aliphatic heterocycles. The van der Waals surface area contributed by atoms with Crippen LogP contribution >= 0.6 is 11.6 Å². The minimum absolute atomic E-state index is 0.0780. The molecule has 0 aliphatic carbocycles. The van der Waals surface area contributed by atoms with E-state index in [0.717, 1.165) is 12.1 Å². The molecule has 2 N–H and O–H groups in total. The Labute approximate surface area is 320 Å². The fraction of sp³-hybridized carbons (Fsp3) is 0.325. The first-order valence-corrected chi connectivity index (χ1v) is 18.5. The van der Waals surface area contributed by atoms with Crippen LogP contribution in [0.2, 0.25) is 5.02 Å². The molecule has 8 rings (SSSR count). The lowest BCUT2D eigenvalue weighted by Crippen LogP contribution is -2.39. The summed E-state index contributed by atoms with van der Waals surface area (Å²) < 4.78 is 104. The molecule has 1 amide bonds. The molecular weight excluding hydrogens is 765 g/mol. The summed E-state index contributed by atoms with van der Waals surface area (Å²) in [5.41, 5.74) is 0.0526. The third kappa shape index (κ3) is 7.06. The highest BCUT2D eigenvalue weighted by Crippen LogP contribution is 2.43. The topological polar surface area (TPSA) is 90.1 Å². The van der Waals surface area contributed by atoms with Gasteiger partial charge in [0.15, 0.2) is 12.0 Å². The average Bonchev–Trinajstić information content (AvgIpc) is 3.83. The summed E-state index contributed by atoms with van der Waals surface area (Å²) >= 11 is 6.90. The van der Waals surface area contributed by atoms with Crippen LogP contribution in [0.5, 0.6) is 5.75 Å². The summed E-state index contributed by atoms with van der Waals surface area (Å²) in [6, 6.07) is 18.8. The smallest absolute Gasteiger partial charge is 0.416 e. The van der Waals surface area contributed by atoms with Crippen molar-refractivity contribution in [1.29, 1.82) is 0 Å². The van der Waals surface area contributed by atoms with Gasteiger partial charge in [-0.2, -0.15) is 36.5 Å². The van der Waals surface area contributed by atoms with E-state index in [2.05, 4.69) is 20.4 Å². The van der Waals surface area contributed by atoms with E-state index in [1.807, 2.05) is 4.90 Å². The number of H-pyrrole nitrogens is 2. The predicted octanol–water partition coefficient (Wildman–Crippen LogP) is 10.2. The third-order valence-electron chi connectivity index (χ3n) is 10.9. The van der Waals surface area contributed by atoms with Crippen molar-refractivity contribution in [3.8, 4) is 5.75 Å². The van der Waals surface area contributed by atoms with Crippen molar-refractivity contribution < 1.29 is 40.3 Å². The first-order valence-electron chi connectivity index (χ1n) is 18.1. The van der Waals surface area contributed by atoms with Crippen LogP contribution in [0, 0.1) is 5.82 Å². The van der Waals surface area contributed by atoms with Crippen molar-refractivity contribution in [1.82, 2.24) is 30.2 Å². The third-order valence-corrected chi connectivity index (χ3v) is 11.3. The summed E-state index contributed by atoms with van der Waals surface area (Å²) in [6.07, 6.45) is -8.42. The number of aromatic amines is 2. The van der Waals surface area contributed by atoms with Gasteiger partial charge in [-0.25, -0.2) is 4.39 Å². The molecule has 4 aromatic carbocycles. The van der Waals surface area contributed by atoms with Crippen LogP contribution in [0.25, 0.3) is 21.8 Å². The number of hydrogen-bond donors (Lipinski definition) is 2. The zero-order valence-corrected chi connectivity index (χ0v) is 30.3. The number of ether oxygens (including phenoxy) is 1. The summed E-state index contributed by atoms with van der Waals surface area (Å²) in [7, 11) is 0. The maximum Gasteiger partial charge on any atom is 0.416 e. The van der Waals surface area contributed by atoms with Crippen molar-refractivity contribution in [3.05, 3.63) is 123 Å². The Balaban J connectivity index is 1.03. The summed E-state index contributed by atoms with van der Waals surface area (Å²) in [4.78, 5) is 17.2. The number of likely N-dealkylation sites (tertiary alicyclic amines) is 2. The van der Waals surface area contributed by atoms with Crippen molar-refractivity contribution >= 4 is 39.3 Å². The maximum atomic E-state index is 14.8. The quantitative estimate of drug-likeness (QED) is 0.157. The van der Waals surface area contributed by atoms with Gasteiger partial charge >= 0.3 is 12.4 Å². The van der Waals surface area contributed by atoms with E-state index in [0.29, 0.717) is 55.2 Å². The van der Waals surface area contributed by atoms with E-state index >= 15 is 0 Å². The highest BCUT2D eigenvalue weighted by Gasteiger charge is 2.39. The number of benzene rings is 4. The Kier molecular flexibility index (Phi) is 9.94. The van der Waals surface area contributed by atoms with Gasteiger partial charge in [-0.15, -0.1) is 0 Å². The van der Waals surface area contributed by atoms with Gasteiger partial charge in [-0.05, 0) is 79.0 Å². The van der Waals surface area contributed by atoms with Crippen LogP contribution in [0.15, 0.2) is 78.9 Å². The van der Waals surface area contributed by atoms with Crippen molar-refractivity contribution in [3.63, 3.8) is 0 Å². The van der Waals surface area contributed by atoms with E-state index in [9.17, 15) is 35.5 Å². The zero-order valence-electron chi connectivity index (χ0n) is 29.5. The number of para-hydroxylation sites is 1. The number of amides is 1. The predicted molar refractivity (Wildman–Crippen MR) is 195 cm³/mol. The Bertz CT molecular complexity index is 2390. The molecule has 4 heterocycles. The number of hydrogen-bond acceptors (Lipinski definition) is 5. The lowest BCUT2D eigenvalue weighted by Gasteiger charge is -2.37. The van der Waals surface area contributed by atoms with Gasteiger partial charge in [-0.3, -0.25) is 19.9 Å². The van der Waals surface area contributed by atoms with Crippen molar-refractivity contribution in [2.24, 2.45) is 0 Å². The van der Waals surface area contributed by atoms with Gasteiger partial charge < -0.3 is 9.64 Å². The molecule has 1 unspecified atom stereocenters. The molecule has 0 radical (unpaired) electrons. The molecule has 2 fully saturated rings. The first-order chi connectivity index (χ1) is 26.8. The lowest BCUT2D eigenvalue weighted by molar-refractivity contribution is -0.139. The van der Waals surface area contributed by atoms with Gasteiger partial charge in [-0.1, -0.05) is 60.1 Å². The lowest BCUT2D eigenvalue weighted by atomic mass is 9.86. The molecular formula is C40H34ClF7N6O2. The van der Waals surface area contributed by atoms with E-state index in [4.69, 9.17) is 16.3 Å². The number of fused-ring (bicyclic) bond motifs is 2. The van der Waals surface area contributed by atoms with Crippen LogP contribution in [0.1, 0.15) is 82.2 Å². The SMILES string of the molecule is O=C(c1[nH]nc2c(Cl)c(OC(c3[nH]nc4c(F)cccc34)N3CCC(c4ccccc4C(F)(F)F)CC3)ccc12)N1CCC(c2ccccc2C(F)(F)F)CC1. The highest BCUT2D eigenvalue weighted by atomic mass is 35.5. The summed E-state index contributed by atoms with van der Waals surface area (Å²) in [5, 5.41) is 15.1. The Morgan fingerprint density at radius 3 is 1.89 bits per heavy atom. The molecule has 0 saturated carbocycles.